The molecule has 2 N–H and O–H groups in total. The smallest absolute Gasteiger partial charge is 0.327 e. The highest BCUT2D eigenvalue weighted by molar-refractivity contribution is 7.13. The Morgan fingerprint density at radius 2 is 2.19 bits per heavy atom. The highest BCUT2D eigenvalue weighted by Crippen LogP contribution is 2.18. The summed E-state index contributed by atoms with van der Waals surface area (Å²) in [6.07, 6.45) is 6.82. The first kappa shape index (κ1) is 15.1. The largest absolute Gasteiger partial charge is 0.480 e. The van der Waals surface area contributed by atoms with Gasteiger partial charge in [0.25, 0.3) is 0 Å². The maximum atomic E-state index is 12.0. The molecular weight excluding hydrogens is 292 g/mol. The molecule has 7 nitrogen and oxygen atoms in total. The summed E-state index contributed by atoms with van der Waals surface area (Å²) in [4.78, 5) is 30.9. The van der Waals surface area contributed by atoms with Crippen molar-refractivity contribution in [1.29, 1.82) is 0 Å². The number of terminal acetylenes is 1. The van der Waals surface area contributed by atoms with E-state index in [1.807, 2.05) is 5.38 Å². The van der Waals surface area contributed by atoms with E-state index in [4.69, 9.17) is 11.5 Å². The highest BCUT2D eigenvalue weighted by atomic mass is 32.1. The summed E-state index contributed by atoms with van der Waals surface area (Å²) < 4.78 is 0. The molecule has 112 valence electrons. The summed E-state index contributed by atoms with van der Waals surface area (Å²) in [5.74, 6) is 1.13. The molecule has 0 aliphatic carbocycles. The van der Waals surface area contributed by atoms with Crippen LogP contribution in [0.1, 0.15) is 6.42 Å². The van der Waals surface area contributed by atoms with Gasteiger partial charge in [0.15, 0.2) is 5.13 Å². The molecule has 2 amide bonds. The van der Waals surface area contributed by atoms with Crippen molar-refractivity contribution >= 4 is 28.5 Å². The number of carboxylic acids is 1. The van der Waals surface area contributed by atoms with E-state index in [2.05, 4.69) is 21.1 Å². The molecule has 21 heavy (non-hydrogen) atoms. The van der Waals surface area contributed by atoms with E-state index in [-0.39, 0.29) is 6.42 Å². The van der Waals surface area contributed by atoms with Gasteiger partial charge in [-0.2, -0.15) is 0 Å². The van der Waals surface area contributed by atoms with E-state index in [0.29, 0.717) is 26.2 Å². The number of carboxylic acid groups (broad SMARTS) is 1. The number of urea groups is 1. The third-order valence-electron chi connectivity index (χ3n) is 3.17. The topological polar surface area (TPSA) is 85.8 Å². The zero-order valence-electron chi connectivity index (χ0n) is 11.4. The molecule has 1 fully saturated rings. The SMILES string of the molecule is C#CCC(NC(=O)N1CCN(c2nccs2)CC1)C(=O)O. The first-order valence-electron chi connectivity index (χ1n) is 6.48. The molecule has 0 bridgehead atoms. The van der Waals surface area contributed by atoms with Crippen LogP contribution in [0.5, 0.6) is 0 Å². The number of aliphatic carboxylic acids is 1. The van der Waals surface area contributed by atoms with Crippen LogP contribution >= 0.6 is 11.3 Å². The van der Waals surface area contributed by atoms with Crippen molar-refractivity contribution in [2.24, 2.45) is 0 Å². The number of thiazole rings is 1. The van der Waals surface area contributed by atoms with Crippen LogP contribution in [0.15, 0.2) is 11.6 Å². The van der Waals surface area contributed by atoms with Crippen molar-refractivity contribution in [3.8, 4) is 12.3 Å². The normalized spacial score (nSPS) is 16.1. The molecule has 0 aromatic carbocycles. The monoisotopic (exact) mass is 308 g/mol. The van der Waals surface area contributed by atoms with Crippen LogP contribution < -0.4 is 10.2 Å². The summed E-state index contributed by atoms with van der Waals surface area (Å²) in [6.45, 7) is 2.39. The Balaban J connectivity index is 1.85. The van der Waals surface area contributed by atoms with E-state index in [0.717, 1.165) is 5.13 Å². The van der Waals surface area contributed by atoms with Gasteiger partial charge >= 0.3 is 12.0 Å². The maximum absolute atomic E-state index is 12.0. The van der Waals surface area contributed by atoms with Crippen molar-refractivity contribution in [3.63, 3.8) is 0 Å². The van der Waals surface area contributed by atoms with E-state index in [1.54, 1.807) is 22.4 Å². The third kappa shape index (κ3) is 3.86. The predicted molar refractivity (Wildman–Crippen MR) is 79.3 cm³/mol. The van der Waals surface area contributed by atoms with Crippen LogP contribution in [0, 0.1) is 12.3 Å². The first-order chi connectivity index (χ1) is 10.1. The van der Waals surface area contributed by atoms with Crippen molar-refractivity contribution in [2.75, 3.05) is 31.1 Å². The minimum atomic E-state index is -1.12. The van der Waals surface area contributed by atoms with Crippen molar-refractivity contribution in [2.45, 2.75) is 12.5 Å². The van der Waals surface area contributed by atoms with Crippen molar-refractivity contribution in [1.82, 2.24) is 15.2 Å². The Labute approximate surface area is 126 Å². The fourth-order valence-corrected chi connectivity index (χ4v) is 2.73. The summed E-state index contributed by atoms with van der Waals surface area (Å²) in [5, 5.41) is 14.3. The number of hydrogen-bond donors (Lipinski definition) is 2. The lowest BCUT2D eigenvalue weighted by atomic mass is 10.2. The lowest BCUT2D eigenvalue weighted by Gasteiger charge is -2.34. The van der Waals surface area contributed by atoms with Crippen LogP contribution in [-0.2, 0) is 4.79 Å². The average Bonchev–Trinajstić information content (AvgIpc) is 3.01. The van der Waals surface area contributed by atoms with Gasteiger partial charge in [0.1, 0.15) is 6.04 Å². The molecule has 0 saturated carbocycles. The van der Waals surface area contributed by atoms with E-state index in [9.17, 15) is 9.59 Å². The highest BCUT2D eigenvalue weighted by Gasteiger charge is 2.26. The molecule has 1 aliphatic heterocycles. The summed E-state index contributed by atoms with van der Waals surface area (Å²) >= 11 is 1.56. The summed E-state index contributed by atoms with van der Waals surface area (Å²) in [5.41, 5.74) is 0. The van der Waals surface area contributed by atoms with E-state index < -0.39 is 18.0 Å². The Bertz CT molecular complexity index is 532. The van der Waals surface area contributed by atoms with E-state index in [1.165, 1.54) is 0 Å². The van der Waals surface area contributed by atoms with Gasteiger partial charge in [-0.15, -0.1) is 23.7 Å². The van der Waals surface area contributed by atoms with Crippen LogP contribution in [0.3, 0.4) is 0 Å². The molecule has 1 saturated heterocycles. The van der Waals surface area contributed by atoms with Gasteiger partial charge in [0.2, 0.25) is 0 Å². The minimum absolute atomic E-state index is 0.0276. The number of aromatic nitrogens is 1. The molecular formula is C13H16N4O3S. The second-order valence-corrected chi connectivity index (χ2v) is 5.41. The van der Waals surface area contributed by atoms with E-state index >= 15 is 0 Å². The van der Waals surface area contributed by atoms with Gasteiger partial charge in [0.05, 0.1) is 0 Å². The Hall–Kier alpha value is -2.27. The number of hydrogen-bond acceptors (Lipinski definition) is 5. The number of nitrogens with one attached hydrogen (secondary N) is 1. The summed E-state index contributed by atoms with van der Waals surface area (Å²) in [7, 11) is 0. The molecule has 0 radical (unpaired) electrons. The van der Waals surface area contributed by atoms with Crippen LogP contribution in [0.2, 0.25) is 0 Å². The van der Waals surface area contributed by atoms with Gasteiger partial charge in [-0.3, -0.25) is 0 Å². The van der Waals surface area contributed by atoms with Gasteiger partial charge in [-0.05, 0) is 0 Å². The molecule has 8 heteroatoms. The number of carbonyl (C=O) groups excluding carboxylic acids is 1. The Morgan fingerprint density at radius 1 is 1.48 bits per heavy atom. The van der Waals surface area contributed by atoms with Gasteiger partial charge < -0.3 is 20.2 Å². The standard InChI is InChI=1S/C13H16N4O3S/c1-2-3-10(11(18)19)15-12(20)16-5-7-17(8-6-16)13-14-4-9-21-13/h1,4,9-10H,3,5-8H2,(H,15,20)(H,18,19). The molecule has 1 aromatic rings. The number of rotatable bonds is 4. The maximum Gasteiger partial charge on any atom is 0.327 e. The molecule has 1 aromatic heterocycles. The molecule has 2 rings (SSSR count). The van der Waals surface area contributed by atoms with Crippen molar-refractivity contribution in [3.05, 3.63) is 11.6 Å². The van der Waals surface area contributed by atoms with Crippen molar-refractivity contribution < 1.29 is 14.7 Å². The quantitative estimate of drug-likeness (QED) is 0.789. The lowest BCUT2D eigenvalue weighted by molar-refractivity contribution is -0.139. The lowest BCUT2D eigenvalue weighted by Crippen LogP contribution is -2.54. The number of carbonyl (C=O) groups is 2. The minimum Gasteiger partial charge on any atom is -0.480 e. The second kappa shape index (κ2) is 6.95. The number of anilines is 1. The number of amides is 2. The van der Waals surface area contributed by atoms with Gasteiger partial charge in [-0.1, -0.05) is 0 Å². The third-order valence-corrected chi connectivity index (χ3v) is 4.01. The fraction of sp³-hybridized carbons (Fsp3) is 0.462. The zero-order chi connectivity index (χ0) is 15.2. The van der Waals surface area contributed by atoms with Gasteiger partial charge in [0, 0.05) is 44.2 Å². The van der Waals surface area contributed by atoms with Gasteiger partial charge in [-0.25, -0.2) is 14.6 Å². The average molecular weight is 308 g/mol. The second-order valence-electron chi connectivity index (χ2n) is 4.54. The van der Waals surface area contributed by atoms with Crippen LogP contribution in [-0.4, -0.2) is 59.2 Å². The zero-order valence-corrected chi connectivity index (χ0v) is 12.2. The molecule has 2 heterocycles. The van der Waals surface area contributed by atoms with Crippen LogP contribution in [0.25, 0.3) is 0 Å². The number of piperazine rings is 1. The fourth-order valence-electron chi connectivity index (χ4n) is 2.03. The Morgan fingerprint density at radius 3 is 2.71 bits per heavy atom. The first-order valence-corrected chi connectivity index (χ1v) is 7.36. The number of nitrogens with zero attached hydrogens (tertiary/aromatic N) is 3. The molecule has 0 spiro atoms. The van der Waals surface area contributed by atoms with Crippen LogP contribution in [0.4, 0.5) is 9.93 Å². The molecule has 1 aliphatic rings. The summed E-state index contributed by atoms with van der Waals surface area (Å²) in [6, 6.07) is -1.43. The predicted octanol–water partition coefficient (Wildman–Crippen LogP) is 0.451. The molecule has 1 atom stereocenters. The molecule has 1 unspecified atom stereocenters. The Kier molecular flexibility index (Phi) is 5.00.